The molecule has 0 saturated carbocycles. The standard InChI is InChI=1S/C12H25N3O3/c1-8(6-7-15(4)5)13-12(18)14-10(3)9(2)11(16)17/h8-10H,6-7H2,1-5H3,(H,16,17)(H2,13,14,18). The summed E-state index contributed by atoms with van der Waals surface area (Å²) in [6.07, 6.45) is 0.850. The van der Waals surface area contributed by atoms with Gasteiger partial charge in [0.2, 0.25) is 0 Å². The number of carboxylic acids is 1. The molecule has 0 spiro atoms. The van der Waals surface area contributed by atoms with Gasteiger partial charge in [-0.3, -0.25) is 4.79 Å². The van der Waals surface area contributed by atoms with E-state index in [0.29, 0.717) is 0 Å². The smallest absolute Gasteiger partial charge is 0.315 e. The molecule has 0 bridgehead atoms. The normalized spacial score (nSPS) is 15.9. The second-order valence-electron chi connectivity index (χ2n) is 5.03. The topological polar surface area (TPSA) is 81.7 Å². The minimum atomic E-state index is -0.913. The van der Waals surface area contributed by atoms with Crippen LogP contribution in [0.4, 0.5) is 4.79 Å². The molecule has 0 aromatic heterocycles. The summed E-state index contributed by atoms with van der Waals surface area (Å²) in [5, 5.41) is 14.2. The Morgan fingerprint density at radius 3 is 2.17 bits per heavy atom. The molecule has 0 heterocycles. The summed E-state index contributed by atoms with van der Waals surface area (Å²) in [6, 6.07) is -0.662. The molecule has 18 heavy (non-hydrogen) atoms. The van der Waals surface area contributed by atoms with Crippen molar-refractivity contribution in [1.29, 1.82) is 0 Å². The zero-order valence-electron chi connectivity index (χ0n) is 11.9. The Balaban J connectivity index is 3.99. The van der Waals surface area contributed by atoms with E-state index in [1.807, 2.05) is 25.9 Å². The first-order chi connectivity index (χ1) is 8.23. The van der Waals surface area contributed by atoms with Crippen molar-refractivity contribution in [2.75, 3.05) is 20.6 Å². The van der Waals surface area contributed by atoms with Gasteiger partial charge in [-0.25, -0.2) is 4.79 Å². The van der Waals surface area contributed by atoms with Crippen LogP contribution in [-0.4, -0.2) is 54.7 Å². The third-order valence-electron chi connectivity index (χ3n) is 2.89. The lowest BCUT2D eigenvalue weighted by molar-refractivity contribution is -0.141. The predicted molar refractivity (Wildman–Crippen MR) is 70.6 cm³/mol. The number of carbonyl (C=O) groups is 2. The lowest BCUT2D eigenvalue weighted by Crippen LogP contribution is -2.48. The number of carbonyl (C=O) groups excluding carboxylic acids is 1. The average Bonchev–Trinajstić information content (AvgIpc) is 2.24. The van der Waals surface area contributed by atoms with Crippen molar-refractivity contribution >= 4 is 12.0 Å². The maximum Gasteiger partial charge on any atom is 0.315 e. The number of amides is 2. The summed E-state index contributed by atoms with van der Waals surface area (Å²) in [6.45, 7) is 6.07. The van der Waals surface area contributed by atoms with Crippen molar-refractivity contribution in [2.45, 2.75) is 39.3 Å². The summed E-state index contributed by atoms with van der Waals surface area (Å²) < 4.78 is 0. The highest BCUT2D eigenvalue weighted by Crippen LogP contribution is 2.02. The van der Waals surface area contributed by atoms with E-state index < -0.39 is 17.9 Å². The fraction of sp³-hybridized carbons (Fsp3) is 0.833. The maximum absolute atomic E-state index is 11.6. The predicted octanol–water partition coefficient (Wildman–Crippen LogP) is 0.735. The van der Waals surface area contributed by atoms with Crippen LogP contribution >= 0.6 is 0 Å². The van der Waals surface area contributed by atoms with Crippen molar-refractivity contribution in [3.8, 4) is 0 Å². The largest absolute Gasteiger partial charge is 0.481 e. The van der Waals surface area contributed by atoms with Crippen LogP contribution < -0.4 is 10.6 Å². The second kappa shape index (κ2) is 7.92. The molecule has 0 radical (unpaired) electrons. The van der Waals surface area contributed by atoms with Crippen LogP contribution in [0.2, 0.25) is 0 Å². The van der Waals surface area contributed by atoms with Gasteiger partial charge in [-0.15, -0.1) is 0 Å². The van der Waals surface area contributed by atoms with Gasteiger partial charge in [0.05, 0.1) is 5.92 Å². The number of hydrogen-bond acceptors (Lipinski definition) is 3. The molecule has 6 nitrogen and oxygen atoms in total. The molecule has 106 valence electrons. The highest BCUT2D eigenvalue weighted by Gasteiger charge is 2.21. The zero-order valence-corrected chi connectivity index (χ0v) is 11.9. The van der Waals surface area contributed by atoms with Crippen LogP contribution in [0.1, 0.15) is 27.2 Å². The molecule has 0 rings (SSSR count). The quantitative estimate of drug-likeness (QED) is 0.629. The summed E-state index contributed by atoms with van der Waals surface area (Å²) >= 11 is 0. The van der Waals surface area contributed by atoms with Gasteiger partial charge < -0.3 is 20.6 Å². The maximum atomic E-state index is 11.6. The van der Waals surface area contributed by atoms with Crippen LogP contribution in [0.3, 0.4) is 0 Å². The summed E-state index contributed by atoms with van der Waals surface area (Å²) in [5.74, 6) is -1.52. The van der Waals surface area contributed by atoms with Crippen LogP contribution in [0.5, 0.6) is 0 Å². The number of urea groups is 1. The van der Waals surface area contributed by atoms with E-state index in [1.165, 1.54) is 0 Å². The van der Waals surface area contributed by atoms with E-state index in [0.717, 1.165) is 13.0 Å². The van der Waals surface area contributed by atoms with Gasteiger partial charge in [0.15, 0.2) is 0 Å². The molecule has 0 aromatic rings. The molecule has 0 aromatic carbocycles. The zero-order chi connectivity index (χ0) is 14.3. The molecule has 3 unspecified atom stereocenters. The molecule has 3 atom stereocenters. The number of nitrogens with zero attached hydrogens (tertiary/aromatic N) is 1. The van der Waals surface area contributed by atoms with Gasteiger partial charge >= 0.3 is 12.0 Å². The molecule has 6 heteroatoms. The van der Waals surface area contributed by atoms with Crippen LogP contribution in [0.15, 0.2) is 0 Å². The van der Waals surface area contributed by atoms with Crippen molar-refractivity contribution in [3.05, 3.63) is 0 Å². The molecule has 2 amide bonds. The Bertz CT molecular complexity index is 282. The molecular weight excluding hydrogens is 234 g/mol. The monoisotopic (exact) mass is 259 g/mol. The Labute approximate surface area is 109 Å². The van der Waals surface area contributed by atoms with Crippen LogP contribution in [0, 0.1) is 5.92 Å². The molecule has 3 N–H and O–H groups in total. The molecule has 0 aliphatic carbocycles. The minimum absolute atomic E-state index is 0.0553. The van der Waals surface area contributed by atoms with Gasteiger partial charge in [-0.1, -0.05) is 0 Å². The van der Waals surface area contributed by atoms with Crippen molar-refractivity contribution in [3.63, 3.8) is 0 Å². The number of hydrogen-bond donors (Lipinski definition) is 3. The lowest BCUT2D eigenvalue weighted by atomic mass is 10.0. The number of carboxylic acid groups (broad SMARTS) is 1. The van der Waals surface area contributed by atoms with Crippen LogP contribution in [0.25, 0.3) is 0 Å². The van der Waals surface area contributed by atoms with Crippen molar-refractivity contribution in [1.82, 2.24) is 15.5 Å². The van der Waals surface area contributed by atoms with Crippen molar-refractivity contribution in [2.24, 2.45) is 5.92 Å². The van der Waals surface area contributed by atoms with Gasteiger partial charge in [0.25, 0.3) is 0 Å². The SMILES string of the molecule is CC(CCN(C)C)NC(=O)NC(C)C(C)C(=O)O. The number of rotatable bonds is 7. The second-order valence-corrected chi connectivity index (χ2v) is 5.03. The van der Waals surface area contributed by atoms with E-state index >= 15 is 0 Å². The third-order valence-corrected chi connectivity index (χ3v) is 2.89. The Morgan fingerprint density at radius 1 is 1.17 bits per heavy atom. The fourth-order valence-corrected chi connectivity index (χ4v) is 1.34. The van der Waals surface area contributed by atoms with Gasteiger partial charge in [0, 0.05) is 12.1 Å². The molecule has 0 saturated heterocycles. The summed E-state index contributed by atoms with van der Waals surface area (Å²) in [4.78, 5) is 24.4. The third kappa shape index (κ3) is 7.11. The van der Waals surface area contributed by atoms with E-state index in [9.17, 15) is 9.59 Å². The molecule has 0 aliphatic rings. The first-order valence-corrected chi connectivity index (χ1v) is 6.18. The average molecular weight is 259 g/mol. The van der Waals surface area contributed by atoms with E-state index in [4.69, 9.17) is 5.11 Å². The molecular formula is C12H25N3O3. The van der Waals surface area contributed by atoms with Crippen molar-refractivity contribution < 1.29 is 14.7 Å². The Morgan fingerprint density at radius 2 is 1.72 bits per heavy atom. The van der Waals surface area contributed by atoms with E-state index in [2.05, 4.69) is 10.6 Å². The minimum Gasteiger partial charge on any atom is -0.481 e. The summed E-state index contributed by atoms with van der Waals surface area (Å²) in [5.41, 5.74) is 0. The number of aliphatic carboxylic acids is 1. The first kappa shape index (κ1) is 16.7. The first-order valence-electron chi connectivity index (χ1n) is 6.18. The van der Waals surface area contributed by atoms with E-state index in [-0.39, 0.29) is 12.1 Å². The lowest BCUT2D eigenvalue weighted by Gasteiger charge is -2.21. The highest BCUT2D eigenvalue weighted by atomic mass is 16.4. The molecule has 0 fully saturated rings. The summed E-state index contributed by atoms with van der Waals surface area (Å²) in [7, 11) is 3.95. The fourth-order valence-electron chi connectivity index (χ4n) is 1.34. The Kier molecular flexibility index (Phi) is 7.35. The van der Waals surface area contributed by atoms with Gasteiger partial charge in [-0.2, -0.15) is 0 Å². The van der Waals surface area contributed by atoms with E-state index in [1.54, 1.807) is 13.8 Å². The number of nitrogens with one attached hydrogen (secondary N) is 2. The highest BCUT2D eigenvalue weighted by molar-refractivity contribution is 5.76. The van der Waals surface area contributed by atoms with Gasteiger partial charge in [0.1, 0.15) is 0 Å². The van der Waals surface area contributed by atoms with Crippen LogP contribution in [-0.2, 0) is 4.79 Å². The van der Waals surface area contributed by atoms with Gasteiger partial charge in [-0.05, 0) is 47.8 Å². The Hall–Kier alpha value is -1.30. The molecule has 0 aliphatic heterocycles.